The second-order valence-corrected chi connectivity index (χ2v) is 7.01. The maximum Gasteiger partial charge on any atom is 0.505 e. The number of nitrogens with one attached hydrogen (secondary N) is 1. The minimum atomic E-state index is -1.75. The van der Waals surface area contributed by atoms with Crippen LogP contribution in [0.3, 0.4) is 0 Å². The summed E-state index contributed by atoms with van der Waals surface area (Å²) in [4.78, 5) is 21.1. The van der Waals surface area contributed by atoms with Crippen molar-refractivity contribution in [2.75, 3.05) is 4.90 Å². The van der Waals surface area contributed by atoms with Crippen LogP contribution in [0.15, 0.2) is 72.9 Å². The molecule has 0 spiro atoms. The highest BCUT2D eigenvalue weighted by Gasteiger charge is 2.23. The summed E-state index contributed by atoms with van der Waals surface area (Å²) < 4.78 is 0. The van der Waals surface area contributed by atoms with Gasteiger partial charge in [-0.25, -0.2) is 9.78 Å². The average Bonchev–Trinajstić information content (AvgIpc) is 3.20. The summed E-state index contributed by atoms with van der Waals surface area (Å²) in [6.07, 6.45) is 1.31. The molecule has 0 amide bonds. The number of aromatic amines is 1. The number of hydrogen-bond acceptors (Lipinski definition) is 5. The molecule has 4 rings (SSSR count). The topological polar surface area (TPSA) is 110 Å². The van der Waals surface area contributed by atoms with Gasteiger partial charge >= 0.3 is 13.1 Å². The van der Waals surface area contributed by atoms with Gasteiger partial charge in [0, 0.05) is 30.3 Å². The molecule has 0 fully saturated rings. The Morgan fingerprint density at radius 1 is 0.967 bits per heavy atom. The molecule has 4 aromatic rings. The van der Waals surface area contributed by atoms with Crippen molar-refractivity contribution in [1.29, 1.82) is 0 Å². The predicted molar refractivity (Wildman–Crippen MR) is 116 cm³/mol. The van der Waals surface area contributed by atoms with Crippen LogP contribution in [0.2, 0.25) is 0 Å². The average molecular weight is 401 g/mol. The van der Waals surface area contributed by atoms with Gasteiger partial charge in [0.05, 0.1) is 11.1 Å². The maximum atomic E-state index is 11.7. The van der Waals surface area contributed by atoms with Crippen molar-refractivity contribution in [2.24, 2.45) is 0 Å². The first-order chi connectivity index (χ1) is 14.5. The number of aromatic nitrogens is 2. The summed E-state index contributed by atoms with van der Waals surface area (Å²) in [5, 5.41) is 29.1. The second kappa shape index (κ2) is 8.40. The monoisotopic (exact) mass is 401 g/mol. The number of H-pyrrole nitrogens is 1. The maximum absolute atomic E-state index is 11.7. The number of fused-ring (bicyclic) bond motifs is 1. The number of anilines is 1. The minimum absolute atomic E-state index is 0.00345. The van der Waals surface area contributed by atoms with Crippen LogP contribution in [0.1, 0.15) is 21.5 Å². The smallest absolute Gasteiger partial charge is 0.478 e. The number of aromatic carboxylic acids is 1. The first-order valence-electron chi connectivity index (χ1n) is 9.47. The molecule has 0 unspecified atom stereocenters. The number of carboxylic acid groups (broad SMARTS) is 1. The van der Waals surface area contributed by atoms with Gasteiger partial charge in [0.1, 0.15) is 0 Å². The predicted octanol–water partition coefficient (Wildman–Crippen LogP) is 2.15. The summed E-state index contributed by atoms with van der Waals surface area (Å²) in [5.74, 6) is -0.593. The van der Waals surface area contributed by atoms with Crippen molar-refractivity contribution in [2.45, 2.75) is 13.1 Å². The van der Waals surface area contributed by atoms with E-state index >= 15 is 0 Å². The van der Waals surface area contributed by atoms with E-state index in [-0.39, 0.29) is 11.2 Å². The van der Waals surface area contributed by atoms with Gasteiger partial charge in [-0.05, 0) is 17.2 Å². The zero-order valence-corrected chi connectivity index (χ0v) is 16.1. The summed E-state index contributed by atoms with van der Waals surface area (Å²) in [6.45, 7) is 1.08. The molecule has 0 aliphatic rings. The molecule has 0 radical (unpaired) electrons. The molecular weight excluding hydrogens is 381 g/mol. The summed E-state index contributed by atoms with van der Waals surface area (Å²) in [6, 6.07) is 21.2. The van der Waals surface area contributed by atoms with Gasteiger partial charge in [-0.15, -0.1) is 0 Å². The molecule has 8 heteroatoms. The van der Waals surface area contributed by atoms with Crippen molar-refractivity contribution in [1.82, 2.24) is 9.97 Å². The molecule has 7 nitrogen and oxygen atoms in total. The van der Waals surface area contributed by atoms with Gasteiger partial charge in [-0.3, -0.25) is 0 Å². The highest BCUT2D eigenvalue weighted by molar-refractivity contribution is 6.58. The third kappa shape index (κ3) is 4.05. The van der Waals surface area contributed by atoms with E-state index in [4.69, 9.17) is 0 Å². The lowest BCUT2D eigenvalue weighted by Crippen LogP contribution is -2.30. The van der Waals surface area contributed by atoms with E-state index in [0.717, 1.165) is 11.1 Å². The van der Waals surface area contributed by atoms with Gasteiger partial charge in [0.15, 0.2) is 5.82 Å². The number of nitrogens with zero attached hydrogens (tertiary/aromatic N) is 2. The van der Waals surface area contributed by atoms with Crippen molar-refractivity contribution in [3.63, 3.8) is 0 Å². The third-order valence-corrected chi connectivity index (χ3v) is 4.91. The Kier molecular flexibility index (Phi) is 5.51. The molecule has 2 aromatic heterocycles. The lowest BCUT2D eigenvalue weighted by molar-refractivity contribution is 0.0698. The molecule has 0 aliphatic heterocycles. The van der Waals surface area contributed by atoms with E-state index in [0.29, 0.717) is 29.8 Å². The molecule has 150 valence electrons. The standard InChI is InChI=1S/C22H20BN3O4/c27-22(28)18-12-24-21(20-17(18)11-19(25-20)23(29)30)26(13-15-7-3-1-4-8-15)14-16-9-5-2-6-10-16/h1-12,25,29-30H,13-14H2,(H,27,28). The normalized spacial score (nSPS) is 10.9. The molecule has 0 aliphatic carbocycles. The van der Waals surface area contributed by atoms with Crippen LogP contribution in [0.25, 0.3) is 10.9 Å². The molecular formula is C22H20BN3O4. The Hall–Kier alpha value is -3.62. The number of rotatable bonds is 7. The van der Waals surface area contributed by atoms with Crippen LogP contribution in [-0.2, 0) is 13.1 Å². The van der Waals surface area contributed by atoms with Crippen LogP contribution in [0, 0.1) is 0 Å². The van der Waals surface area contributed by atoms with E-state index in [2.05, 4.69) is 9.97 Å². The summed E-state index contributed by atoms with van der Waals surface area (Å²) in [5.41, 5.74) is 2.70. The van der Waals surface area contributed by atoms with Gasteiger partial charge in [0.2, 0.25) is 0 Å². The Balaban J connectivity index is 1.84. The highest BCUT2D eigenvalue weighted by atomic mass is 16.4. The Morgan fingerprint density at radius 2 is 1.53 bits per heavy atom. The molecule has 30 heavy (non-hydrogen) atoms. The van der Waals surface area contributed by atoms with E-state index in [1.165, 1.54) is 12.3 Å². The largest absolute Gasteiger partial charge is 0.505 e. The van der Waals surface area contributed by atoms with Crippen LogP contribution in [0.5, 0.6) is 0 Å². The number of carboxylic acids is 1. The third-order valence-electron chi connectivity index (χ3n) is 4.91. The SMILES string of the molecule is O=C(O)c1cnc(N(Cc2ccccc2)Cc2ccccc2)c2[nH]c(B(O)O)cc12. The van der Waals surface area contributed by atoms with Gasteiger partial charge in [-0.1, -0.05) is 60.7 Å². The van der Waals surface area contributed by atoms with Crippen LogP contribution in [0.4, 0.5) is 5.82 Å². The number of benzene rings is 2. The number of pyridine rings is 1. The lowest BCUT2D eigenvalue weighted by Gasteiger charge is -2.25. The summed E-state index contributed by atoms with van der Waals surface area (Å²) in [7, 11) is -1.75. The molecule has 2 heterocycles. The van der Waals surface area contributed by atoms with Crippen molar-refractivity contribution < 1.29 is 19.9 Å². The second-order valence-electron chi connectivity index (χ2n) is 7.01. The Labute approximate surface area is 173 Å². The molecule has 4 N–H and O–H groups in total. The van der Waals surface area contributed by atoms with E-state index in [1.807, 2.05) is 65.6 Å². The number of carbonyl (C=O) groups is 1. The quantitative estimate of drug-likeness (QED) is 0.354. The van der Waals surface area contributed by atoms with Crippen LogP contribution in [-0.4, -0.2) is 38.2 Å². The Morgan fingerprint density at radius 3 is 2.03 bits per heavy atom. The molecule has 0 bridgehead atoms. The van der Waals surface area contributed by atoms with Gasteiger partial charge in [-0.2, -0.15) is 0 Å². The zero-order chi connectivity index (χ0) is 21.1. The molecule has 2 aromatic carbocycles. The lowest BCUT2D eigenvalue weighted by atomic mass is 9.86. The molecule has 0 saturated carbocycles. The fourth-order valence-electron chi connectivity index (χ4n) is 3.49. The fourth-order valence-corrected chi connectivity index (χ4v) is 3.49. The summed E-state index contributed by atoms with van der Waals surface area (Å²) >= 11 is 0. The number of hydrogen-bond donors (Lipinski definition) is 4. The zero-order valence-electron chi connectivity index (χ0n) is 16.1. The van der Waals surface area contributed by atoms with E-state index in [9.17, 15) is 19.9 Å². The first kappa shape index (κ1) is 19.7. The van der Waals surface area contributed by atoms with Crippen molar-refractivity contribution in [3.05, 3.63) is 89.6 Å². The van der Waals surface area contributed by atoms with Crippen LogP contribution >= 0.6 is 0 Å². The van der Waals surface area contributed by atoms with E-state index in [1.54, 1.807) is 0 Å². The van der Waals surface area contributed by atoms with Gasteiger partial charge < -0.3 is 25.0 Å². The van der Waals surface area contributed by atoms with Crippen LogP contribution < -0.4 is 10.5 Å². The first-order valence-corrected chi connectivity index (χ1v) is 9.47. The van der Waals surface area contributed by atoms with Crippen molar-refractivity contribution >= 4 is 35.4 Å². The van der Waals surface area contributed by atoms with Crippen molar-refractivity contribution in [3.8, 4) is 0 Å². The van der Waals surface area contributed by atoms with E-state index < -0.39 is 13.1 Å². The molecule has 0 atom stereocenters. The molecule has 0 saturated heterocycles. The fraction of sp³-hybridized carbons (Fsp3) is 0.0909. The highest BCUT2D eigenvalue weighted by Crippen LogP contribution is 2.28. The van der Waals surface area contributed by atoms with Gasteiger partial charge in [0.25, 0.3) is 0 Å². The Bertz CT molecular complexity index is 1120. The minimum Gasteiger partial charge on any atom is -0.478 e.